The number of methoxy groups -OCH3 is 1. The van der Waals surface area contributed by atoms with Gasteiger partial charge >= 0.3 is 5.97 Å². The van der Waals surface area contributed by atoms with E-state index in [1.807, 2.05) is 0 Å². The molecule has 2 rings (SSSR count). The van der Waals surface area contributed by atoms with E-state index in [0.717, 1.165) is 12.8 Å². The van der Waals surface area contributed by atoms with Gasteiger partial charge in [-0.1, -0.05) is 0 Å². The first kappa shape index (κ1) is 12.6. The molecule has 0 aromatic carbocycles. The molecule has 1 fully saturated rings. The van der Waals surface area contributed by atoms with E-state index in [1.165, 1.54) is 11.8 Å². The summed E-state index contributed by atoms with van der Waals surface area (Å²) in [5, 5.41) is 3.98. The van der Waals surface area contributed by atoms with Crippen LogP contribution in [-0.2, 0) is 16.6 Å². The van der Waals surface area contributed by atoms with E-state index >= 15 is 0 Å². The summed E-state index contributed by atoms with van der Waals surface area (Å²) in [5.74, 6) is -0.504. The fourth-order valence-electron chi connectivity index (χ4n) is 2.29. The van der Waals surface area contributed by atoms with Gasteiger partial charge < -0.3 is 9.64 Å². The highest BCUT2D eigenvalue weighted by atomic mass is 16.5. The summed E-state index contributed by atoms with van der Waals surface area (Å²) in [6, 6.07) is 1.19. The Morgan fingerprint density at radius 2 is 2.22 bits per heavy atom. The van der Waals surface area contributed by atoms with Crippen molar-refractivity contribution in [2.45, 2.75) is 25.3 Å². The van der Waals surface area contributed by atoms with Crippen LogP contribution in [0.5, 0.6) is 0 Å². The first-order chi connectivity index (χ1) is 8.65. The minimum absolute atomic E-state index is 0.162. The summed E-state index contributed by atoms with van der Waals surface area (Å²) < 4.78 is 6.28. The Balaban J connectivity index is 2.21. The second-order valence-corrected chi connectivity index (χ2v) is 4.37. The van der Waals surface area contributed by atoms with Gasteiger partial charge in [0, 0.05) is 19.8 Å². The lowest BCUT2D eigenvalue weighted by atomic mass is 10.0. The first-order valence-corrected chi connectivity index (χ1v) is 6.02. The molecule has 0 unspecified atom stereocenters. The van der Waals surface area contributed by atoms with E-state index in [-0.39, 0.29) is 11.9 Å². The molecule has 1 aromatic heterocycles. The smallest absolute Gasteiger partial charge is 0.328 e. The largest absolute Gasteiger partial charge is 0.467 e. The van der Waals surface area contributed by atoms with Crippen molar-refractivity contribution >= 4 is 11.9 Å². The van der Waals surface area contributed by atoms with E-state index in [4.69, 9.17) is 4.74 Å². The zero-order valence-corrected chi connectivity index (χ0v) is 10.6. The number of rotatable bonds is 2. The van der Waals surface area contributed by atoms with Crippen molar-refractivity contribution in [2.24, 2.45) is 7.05 Å². The second-order valence-electron chi connectivity index (χ2n) is 4.37. The van der Waals surface area contributed by atoms with Crippen LogP contribution < -0.4 is 0 Å². The number of amides is 1. The molecule has 1 amide bonds. The predicted octanol–water partition coefficient (Wildman–Crippen LogP) is 0.588. The Morgan fingerprint density at radius 3 is 2.83 bits per heavy atom. The second kappa shape index (κ2) is 5.20. The van der Waals surface area contributed by atoms with E-state index in [1.54, 1.807) is 24.2 Å². The lowest BCUT2D eigenvalue weighted by Crippen LogP contribution is -2.48. The van der Waals surface area contributed by atoms with Crippen LogP contribution in [0.4, 0.5) is 0 Å². The number of likely N-dealkylation sites (tertiary alicyclic amines) is 1. The lowest BCUT2D eigenvalue weighted by molar-refractivity contribution is -0.147. The number of hydrogen-bond donors (Lipinski definition) is 0. The molecule has 98 valence electrons. The quantitative estimate of drug-likeness (QED) is 0.721. The molecule has 6 heteroatoms. The lowest BCUT2D eigenvalue weighted by Gasteiger charge is -2.33. The molecule has 1 saturated heterocycles. The van der Waals surface area contributed by atoms with Crippen molar-refractivity contribution in [1.29, 1.82) is 0 Å². The maximum atomic E-state index is 12.4. The third-order valence-electron chi connectivity index (χ3n) is 3.28. The molecule has 1 aliphatic rings. The molecule has 1 atom stereocenters. The molecule has 18 heavy (non-hydrogen) atoms. The molecule has 0 saturated carbocycles. The first-order valence-electron chi connectivity index (χ1n) is 6.02. The van der Waals surface area contributed by atoms with E-state index < -0.39 is 6.04 Å². The van der Waals surface area contributed by atoms with Crippen molar-refractivity contribution < 1.29 is 14.3 Å². The zero-order valence-electron chi connectivity index (χ0n) is 10.6. The minimum Gasteiger partial charge on any atom is -0.467 e. The molecule has 0 spiro atoms. The number of carbonyl (C=O) groups is 2. The van der Waals surface area contributed by atoms with Crippen LogP contribution in [0.25, 0.3) is 0 Å². The van der Waals surface area contributed by atoms with Crippen LogP contribution in [0.2, 0.25) is 0 Å². The topological polar surface area (TPSA) is 64.4 Å². The Hall–Kier alpha value is -1.85. The highest BCUT2D eigenvalue weighted by Gasteiger charge is 2.34. The van der Waals surface area contributed by atoms with Crippen molar-refractivity contribution in [3.8, 4) is 0 Å². The van der Waals surface area contributed by atoms with Crippen molar-refractivity contribution in [1.82, 2.24) is 14.7 Å². The third-order valence-corrected chi connectivity index (χ3v) is 3.28. The van der Waals surface area contributed by atoms with Crippen LogP contribution in [0.15, 0.2) is 12.3 Å². The summed E-state index contributed by atoms with van der Waals surface area (Å²) in [4.78, 5) is 25.7. The van der Waals surface area contributed by atoms with Crippen molar-refractivity contribution in [3.05, 3.63) is 18.0 Å². The maximum Gasteiger partial charge on any atom is 0.328 e. The van der Waals surface area contributed by atoms with Crippen LogP contribution in [0.3, 0.4) is 0 Å². The van der Waals surface area contributed by atoms with Gasteiger partial charge in [0.05, 0.1) is 7.11 Å². The van der Waals surface area contributed by atoms with Gasteiger partial charge in [-0.3, -0.25) is 9.48 Å². The molecular formula is C12H17N3O3. The molecule has 0 N–H and O–H groups in total. The maximum absolute atomic E-state index is 12.4. The molecular weight excluding hydrogens is 234 g/mol. The number of nitrogens with zero attached hydrogens (tertiary/aromatic N) is 3. The van der Waals surface area contributed by atoms with E-state index in [9.17, 15) is 9.59 Å². The molecule has 0 aliphatic carbocycles. The van der Waals surface area contributed by atoms with Gasteiger partial charge in [0.1, 0.15) is 11.7 Å². The Morgan fingerprint density at radius 1 is 1.44 bits per heavy atom. The summed E-state index contributed by atoms with van der Waals surface area (Å²) in [5.41, 5.74) is 0.491. The number of hydrogen-bond acceptors (Lipinski definition) is 4. The number of esters is 1. The molecule has 1 aliphatic heterocycles. The van der Waals surface area contributed by atoms with Crippen molar-refractivity contribution in [2.75, 3.05) is 13.7 Å². The monoisotopic (exact) mass is 251 g/mol. The number of aryl methyl sites for hydroxylation is 1. The zero-order chi connectivity index (χ0) is 13.1. The number of carbonyl (C=O) groups excluding carboxylic acids is 2. The number of ether oxygens (including phenoxy) is 1. The number of piperidine rings is 1. The van der Waals surface area contributed by atoms with Crippen LogP contribution in [-0.4, -0.2) is 46.3 Å². The van der Waals surface area contributed by atoms with Crippen molar-refractivity contribution in [3.63, 3.8) is 0 Å². The van der Waals surface area contributed by atoms with Crippen LogP contribution in [0, 0.1) is 0 Å². The molecule has 0 radical (unpaired) electrons. The summed E-state index contributed by atoms with van der Waals surface area (Å²) >= 11 is 0. The van der Waals surface area contributed by atoms with E-state index in [2.05, 4.69) is 5.10 Å². The van der Waals surface area contributed by atoms with Gasteiger partial charge in [-0.05, 0) is 25.3 Å². The van der Waals surface area contributed by atoms with Gasteiger partial charge in [-0.15, -0.1) is 0 Å². The average molecular weight is 251 g/mol. The van der Waals surface area contributed by atoms with Crippen LogP contribution >= 0.6 is 0 Å². The van der Waals surface area contributed by atoms with Gasteiger partial charge in [0.15, 0.2) is 0 Å². The fraction of sp³-hybridized carbons (Fsp3) is 0.583. The average Bonchev–Trinajstić information content (AvgIpc) is 2.83. The predicted molar refractivity (Wildman–Crippen MR) is 63.9 cm³/mol. The highest BCUT2D eigenvalue weighted by molar-refractivity contribution is 5.95. The molecule has 2 heterocycles. The highest BCUT2D eigenvalue weighted by Crippen LogP contribution is 2.20. The summed E-state index contributed by atoms with van der Waals surface area (Å²) in [7, 11) is 3.06. The normalized spacial score (nSPS) is 19.7. The summed E-state index contributed by atoms with van der Waals surface area (Å²) in [6.07, 6.45) is 4.09. The Kier molecular flexibility index (Phi) is 3.64. The van der Waals surface area contributed by atoms with Crippen LogP contribution in [0.1, 0.15) is 29.8 Å². The molecule has 0 bridgehead atoms. The summed E-state index contributed by atoms with van der Waals surface area (Å²) in [6.45, 7) is 0.587. The SMILES string of the molecule is COC(=O)[C@H]1CCCCN1C(=O)c1ccnn1C. The minimum atomic E-state index is -0.467. The van der Waals surface area contributed by atoms with Gasteiger partial charge in [0.2, 0.25) is 0 Å². The Bertz CT molecular complexity index is 455. The third kappa shape index (κ3) is 2.23. The van der Waals surface area contributed by atoms with E-state index in [0.29, 0.717) is 18.7 Å². The van der Waals surface area contributed by atoms with Gasteiger partial charge in [0.25, 0.3) is 5.91 Å². The van der Waals surface area contributed by atoms with Gasteiger partial charge in [-0.25, -0.2) is 4.79 Å². The van der Waals surface area contributed by atoms with Gasteiger partial charge in [-0.2, -0.15) is 5.10 Å². The molecule has 1 aromatic rings. The molecule has 6 nitrogen and oxygen atoms in total. The number of aromatic nitrogens is 2. The Labute approximate surface area is 106 Å². The standard InChI is InChI=1S/C12H17N3O3/c1-14-9(6-7-13-14)11(16)15-8-4-3-5-10(15)12(17)18-2/h6-7,10H,3-5,8H2,1-2H3/t10-/m1/s1. The fourth-order valence-corrected chi connectivity index (χ4v) is 2.29.